The van der Waals surface area contributed by atoms with Crippen molar-refractivity contribution in [3.8, 4) is 0 Å². The van der Waals surface area contributed by atoms with Gasteiger partial charge in [0, 0.05) is 42.1 Å². The highest BCUT2D eigenvalue weighted by Crippen LogP contribution is 2.27. The molecule has 0 aliphatic rings. The molecule has 3 rings (SSSR count). The summed E-state index contributed by atoms with van der Waals surface area (Å²) in [5.41, 5.74) is 9.78. The van der Waals surface area contributed by atoms with Crippen LogP contribution in [0, 0.1) is 6.92 Å². The molecule has 0 unspecified atom stereocenters. The Bertz CT molecular complexity index is 748. The van der Waals surface area contributed by atoms with Gasteiger partial charge in [-0.3, -0.25) is 4.98 Å². The van der Waals surface area contributed by atoms with E-state index in [-0.39, 0.29) is 0 Å². The summed E-state index contributed by atoms with van der Waals surface area (Å²) in [6.07, 6.45) is 3.54. The molecule has 3 aromatic rings. The highest BCUT2D eigenvalue weighted by molar-refractivity contribution is 5.93. The zero-order valence-electron chi connectivity index (χ0n) is 11.6. The Morgan fingerprint density at radius 3 is 2.85 bits per heavy atom. The SMILES string of the molecule is Cc1occc1CN(C)c1ccnc2cc(N)ccc12. The molecule has 2 aromatic heterocycles. The number of pyridine rings is 1. The van der Waals surface area contributed by atoms with Crippen LogP contribution in [-0.2, 0) is 6.54 Å². The molecule has 2 N–H and O–H groups in total. The number of hydrogen-bond donors (Lipinski definition) is 1. The van der Waals surface area contributed by atoms with Crippen LogP contribution in [0.1, 0.15) is 11.3 Å². The Kier molecular flexibility index (Phi) is 3.06. The van der Waals surface area contributed by atoms with Gasteiger partial charge in [0.25, 0.3) is 0 Å². The van der Waals surface area contributed by atoms with Crippen molar-refractivity contribution in [3.63, 3.8) is 0 Å². The van der Waals surface area contributed by atoms with Crippen LogP contribution >= 0.6 is 0 Å². The average molecular weight is 267 g/mol. The third-order valence-electron chi connectivity index (χ3n) is 3.53. The quantitative estimate of drug-likeness (QED) is 0.739. The molecule has 4 nitrogen and oxygen atoms in total. The first-order valence-electron chi connectivity index (χ1n) is 6.53. The Labute approximate surface area is 117 Å². The first kappa shape index (κ1) is 12.5. The summed E-state index contributed by atoms with van der Waals surface area (Å²) in [7, 11) is 2.07. The molecule has 102 valence electrons. The number of nitrogens with zero attached hydrogens (tertiary/aromatic N) is 2. The van der Waals surface area contributed by atoms with Crippen LogP contribution in [0.4, 0.5) is 11.4 Å². The molecule has 0 atom stereocenters. The normalized spacial score (nSPS) is 10.9. The third kappa shape index (κ3) is 2.20. The van der Waals surface area contributed by atoms with Gasteiger partial charge in [-0.05, 0) is 37.3 Å². The Morgan fingerprint density at radius 1 is 1.25 bits per heavy atom. The van der Waals surface area contributed by atoms with Gasteiger partial charge in [0.2, 0.25) is 0 Å². The summed E-state index contributed by atoms with van der Waals surface area (Å²) in [5.74, 6) is 0.958. The van der Waals surface area contributed by atoms with Gasteiger partial charge < -0.3 is 15.1 Å². The number of nitrogen functional groups attached to an aromatic ring is 1. The van der Waals surface area contributed by atoms with Crippen LogP contribution < -0.4 is 10.6 Å². The van der Waals surface area contributed by atoms with Crippen LogP contribution in [-0.4, -0.2) is 12.0 Å². The number of aryl methyl sites for hydroxylation is 1. The first-order chi connectivity index (χ1) is 9.65. The zero-order valence-corrected chi connectivity index (χ0v) is 11.6. The summed E-state index contributed by atoms with van der Waals surface area (Å²) >= 11 is 0. The number of fused-ring (bicyclic) bond motifs is 1. The third-order valence-corrected chi connectivity index (χ3v) is 3.53. The van der Waals surface area contributed by atoms with Gasteiger partial charge in [-0.2, -0.15) is 0 Å². The molecule has 0 spiro atoms. The number of rotatable bonds is 3. The minimum absolute atomic E-state index is 0.732. The molecule has 0 radical (unpaired) electrons. The Hall–Kier alpha value is -2.49. The monoisotopic (exact) mass is 267 g/mol. The fourth-order valence-electron chi connectivity index (χ4n) is 2.40. The second-order valence-corrected chi connectivity index (χ2v) is 4.96. The highest BCUT2D eigenvalue weighted by Gasteiger charge is 2.10. The standard InChI is InChI=1S/C16H17N3O/c1-11-12(6-8-20-11)10-19(2)16-5-7-18-15-9-13(17)3-4-14(15)16/h3-9H,10,17H2,1-2H3. The van der Waals surface area contributed by atoms with E-state index in [9.17, 15) is 0 Å². The molecule has 0 aliphatic heterocycles. The van der Waals surface area contributed by atoms with Crippen molar-refractivity contribution in [2.75, 3.05) is 17.7 Å². The van der Waals surface area contributed by atoms with Gasteiger partial charge in [0.1, 0.15) is 5.76 Å². The molecule has 20 heavy (non-hydrogen) atoms. The minimum Gasteiger partial charge on any atom is -0.469 e. The van der Waals surface area contributed by atoms with Gasteiger partial charge >= 0.3 is 0 Å². The van der Waals surface area contributed by atoms with Crippen molar-refractivity contribution < 1.29 is 4.42 Å². The van der Waals surface area contributed by atoms with Gasteiger partial charge in [0.05, 0.1) is 11.8 Å². The van der Waals surface area contributed by atoms with Crippen molar-refractivity contribution in [2.45, 2.75) is 13.5 Å². The van der Waals surface area contributed by atoms with E-state index in [4.69, 9.17) is 10.2 Å². The summed E-state index contributed by atoms with van der Waals surface area (Å²) < 4.78 is 5.35. The van der Waals surface area contributed by atoms with Gasteiger partial charge in [-0.25, -0.2) is 0 Å². The van der Waals surface area contributed by atoms with Gasteiger partial charge in [0.15, 0.2) is 0 Å². The smallest absolute Gasteiger partial charge is 0.105 e. The van der Waals surface area contributed by atoms with E-state index in [1.54, 1.807) is 6.26 Å². The Balaban J connectivity index is 1.99. The average Bonchev–Trinajstić information content (AvgIpc) is 2.83. The number of aromatic nitrogens is 1. The summed E-state index contributed by atoms with van der Waals surface area (Å²) in [6, 6.07) is 9.85. The second-order valence-electron chi connectivity index (χ2n) is 4.96. The highest BCUT2D eigenvalue weighted by atomic mass is 16.3. The van der Waals surface area contributed by atoms with E-state index in [0.717, 1.165) is 34.6 Å². The maximum atomic E-state index is 5.81. The molecule has 0 saturated heterocycles. The molecule has 0 aliphatic carbocycles. The van der Waals surface area contributed by atoms with E-state index in [0.29, 0.717) is 0 Å². The molecule has 2 heterocycles. The van der Waals surface area contributed by atoms with Gasteiger partial charge in [-0.15, -0.1) is 0 Å². The number of benzene rings is 1. The maximum absolute atomic E-state index is 5.81. The molecule has 4 heteroatoms. The molecule has 0 saturated carbocycles. The predicted molar refractivity (Wildman–Crippen MR) is 81.7 cm³/mol. The van der Waals surface area contributed by atoms with Crippen LogP contribution in [0.2, 0.25) is 0 Å². The van der Waals surface area contributed by atoms with Crippen molar-refractivity contribution in [1.29, 1.82) is 0 Å². The largest absolute Gasteiger partial charge is 0.469 e. The molecular formula is C16H17N3O. The summed E-state index contributed by atoms with van der Waals surface area (Å²) in [5, 5.41) is 1.10. The van der Waals surface area contributed by atoms with Crippen molar-refractivity contribution >= 4 is 22.3 Å². The summed E-state index contributed by atoms with van der Waals surface area (Å²) in [6.45, 7) is 2.78. The van der Waals surface area contributed by atoms with Crippen molar-refractivity contribution in [2.24, 2.45) is 0 Å². The first-order valence-corrected chi connectivity index (χ1v) is 6.53. The van der Waals surface area contributed by atoms with Crippen LogP contribution in [0.5, 0.6) is 0 Å². The topological polar surface area (TPSA) is 55.3 Å². The molecular weight excluding hydrogens is 250 g/mol. The number of furan rings is 1. The second kappa shape index (κ2) is 4.89. The predicted octanol–water partition coefficient (Wildman–Crippen LogP) is 3.35. The van der Waals surface area contributed by atoms with Crippen LogP contribution in [0.25, 0.3) is 10.9 Å². The summed E-state index contributed by atoms with van der Waals surface area (Å²) in [4.78, 5) is 6.57. The van der Waals surface area contributed by atoms with Crippen molar-refractivity contribution in [1.82, 2.24) is 4.98 Å². The van der Waals surface area contributed by atoms with E-state index in [1.165, 1.54) is 5.56 Å². The minimum atomic E-state index is 0.732. The Morgan fingerprint density at radius 2 is 2.10 bits per heavy atom. The van der Waals surface area contributed by atoms with Gasteiger partial charge in [-0.1, -0.05) is 0 Å². The van der Waals surface area contributed by atoms with E-state index < -0.39 is 0 Å². The lowest BCUT2D eigenvalue weighted by Crippen LogP contribution is -2.17. The molecule has 1 aromatic carbocycles. The van der Waals surface area contributed by atoms with E-state index in [2.05, 4.69) is 16.9 Å². The molecule has 0 bridgehead atoms. The number of nitrogens with two attached hydrogens (primary N) is 1. The molecule has 0 amide bonds. The number of hydrogen-bond acceptors (Lipinski definition) is 4. The van der Waals surface area contributed by atoms with E-state index >= 15 is 0 Å². The lowest BCUT2D eigenvalue weighted by atomic mass is 10.1. The fourth-order valence-corrected chi connectivity index (χ4v) is 2.40. The van der Waals surface area contributed by atoms with Crippen LogP contribution in [0.3, 0.4) is 0 Å². The fraction of sp³-hybridized carbons (Fsp3) is 0.188. The zero-order chi connectivity index (χ0) is 14.1. The van der Waals surface area contributed by atoms with E-state index in [1.807, 2.05) is 43.5 Å². The lowest BCUT2D eigenvalue weighted by Gasteiger charge is -2.20. The lowest BCUT2D eigenvalue weighted by molar-refractivity contribution is 0.529. The van der Waals surface area contributed by atoms with Crippen LogP contribution in [0.15, 0.2) is 47.2 Å². The van der Waals surface area contributed by atoms with Crippen molar-refractivity contribution in [3.05, 3.63) is 54.1 Å². The maximum Gasteiger partial charge on any atom is 0.105 e. The number of anilines is 2. The molecule has 0 fully saturated rings.